The second-order valence-electron chi connectivity index (χ2n) is 3.74. The largest absolute Gasteiger partial charge is 0.478 e. The molecule has 0 atom stereocenters. The molecule has 0 aromatic heterocycles. The maximum Gasteiger partial charge on any atom is 0.339 e. The molecule has 3 N–H and O–H groups in total. The molecule has 2 rings (SSSR count). The van der Waals surface area contributed by atoms with E-state index in [0.29, 0.717) is 11.4 Å². The van der Waals surface area contributed by atoms with E-state index in [2.05, 4.69) is 15.9 Å². The minimum Gasteiger partial charge on any atom is -0.478 e. The average molecular weight is 326 g/mol. The Morgan fingerprint density at radius 1 is 1.26 bits per heavy atom. The van der Waals surface area contributed by atoms with Crippen LogP contribution in [-0.2, 0) is 0 Å². The molecule has 2 aromatic rings. The molecule has 0 unspecified atom stereocenters. The number of hydrogen-bond acceptors (Lipinski definition) is 3. The third-order valence-electron chi connectivity index (χ3n) is 2.35. The number of anilines is 1. The predicted octanol–water partition coefficient (Wildman–Crippen LogP) is 3.66. The van der Waals surface area contributed by atoms with Crippen molar-refractivity contribution < 1.29 is 19.0 Å². The molecular weight excluding hydrogens is 317 g/mol. The van der Waals surface area contributed by atoms with Crippen LogP contribution in [0.5, 0.6) is 11.5 Å². The first-order valence-corrected chi connectivity index (χ1v) is 6.02. The van der Waals surface area contributed by atoms with Gasteiger partial charge in [-0.25, -0.2) is 9.18 Å². The second-order valence-corrected chi connectivity index (χ2v) is 4.59. The Kier molecular flexibility index (Phi) is 3.71. The van der Waals surface area contributed by atoms with Crippen LogP contribution in [0.1, 0.15) is 10.4 Å². The van der Waals surface area contributed by atoms with Gasteiger partial charge in [-0.05, 0) is 46.3 Å². The third-order valence-corrected chi connectivity index (χ3v) is 2.96. The molecule has 0 fully saturated rings. The summed E-state index contributed by atoms with van der Waals surface area (Å²) in [6.45, 7) is 0. The van der Waals surface area contributed by atoms with Crippen LogP contribution in [0.2, 0.25) is 0 Å². The summed E-state index contributed by atoms with van der Waals surface area (Å²) in [6.07, 6.45) is 0. The standard InChI is InChI=1S/C13H9BrFNO3/c14-10-6-8(2-4-11(10)15)19-12-5-7(16)1-3-9(12)13(17)18/h1-6H,16H2,(H,17,18). The minimum absolute atomic E-state index is 0.0188. The zero-order valence-electron chi connectivity index (χ0n) is 9.56. The zero-order chi connectivity index (χ0) is 14.0. The molecule has 4 nitrogen and oxygen atoms in total. The second kappa shape index (κ2) is 5.27. The number of nitrogen functional groups attached to an aromatic ring is 1. The fraction of sp³-hybridized carbons (Fsp3) is 0. The summed E-state index contributed by atoms with van der Waals surface area (Å²) >= 11 is 3.03. The normalized spacial score (nSPS) is 10.2. The summed E-state index contributed by atoms with van der Waals surface area (Å²) in [7, 11) is 0. The topological polar surface area (TPSA) is 72.6 Å². The summed E-state index contributed by atoms with van der Waals surface area (Å²) in [6, 6.07) is 8.24. The van der Waals surface area contributed by atoms with Crippen LogP contribution in [0.15, 0.2) is 40.9 Å². The third kappa shape index (κ3) is 3.03. The molecule has 0 aliphatic heterocycles. The van der Waals surface area contributed by atoms with E-state index in [1.807, 2.05) is 0 Å². The molecule has 0 bridgehead atoms. The SMILES string of the molecule is Nc1ccc(C(=O)O)c(Oc2ccc(F)c(Br)c2)c1. The molecule has 2 aromatic carbocycles. The Morgan fingerprint density at radius 2 is 2.00 bits per heavy atom. The van der Waals surface area contributed by atoms with Crippen molar-refractivity contribution in [3.8, 4) is 11.5 Å². The van der Waals surface area contributed by atoms with Crippen LogP contribution in [-0.4, -0.2) is 11.1 Å². The van der Waals surface area contributed by atoms with Crippen LogP contribution in [0.4, 0.5) is 10.1 Å². The number of carboxylic acid groups (broad SMARTS) is 1. The highest BCUT2D eigenvalue weighted by Crippen LogP contribution is 2.30. The van der Waals surface area contributed by atoms with E-state index in [4.69, 9.17) is 15.6 Å². The molecule has 0 radical (unpaired) electrons. The molecular formula is C13H9BrFNO3. The smallest absolute Gasteiger partial charge is 0.339 e. The fourth-order valence-corrected chi connectivity index (χ4v) is 1.83. The highest BCUT2D eigenvalue weighted by molar-refractivity contribution is 9.10. The molecule has 0 spiro atoms. The van der Waals surface area contributed by atoms with E-state index in [1.54, 1.807) is 0 Å². The fourth-order valence-electron chi connectivity index (χ4n) is 1.47. The van der Waals surface area contributed by atoms with E-state index in [1.165, 1.54) is 36.4 Å². The van der Waals surface area contributed by atoms with Gasteiger partial charge in [0, 0.05) is 11.8 Å². The van der Waals surface area contributed by atoms with E-state index >= 15 is 0 Å². The van der Waals surface area contributed by atoms with Crippen molar-refractivity contribution in [3.63, 3.8) is 0 Å². The lowest BCUT2D eigenvalue weighted by molar-refractivity contribution is 0.0694. The zero-order valence-corrected chi connectivity index (χ0v) is 11.1. The summed E-state index contributed by atoms with van der Waals surface area (Å²) in [5, 5.41) is 9.04. The van der Waals surface area contributed by atoms with Crippen LogP contribution in [0.25, 0.3) is 0 Å². The first kappa shape index (κ1) is 13.4. The number of ether oxygens (including phenoxy) is 1. The molecule has 19 heavy (non-hydrogen) atoms. The Hall–Kier alpha value is -2.08. The van der Waals surface area contributed by atoms with Crippen LogP contribution in [0, 0.1) is 5.82 Å². The molecule has 0 aliphatic carbocycles. The lowest BCUT2D eigenvalue weighted by Gasteiger charge is -2.10. The van der Waals surface area contributed by atoms with Crippen molar-refractivity contribution >= 4 is 27.6 Å². The van der Waals surface area contributed by atoms with Gasteiger partial charge in [-0.15, -0.1) is 0 Å². The molecule has 0 amide bonds. The van der Waals surface area contributed by atoms with Crippen molar-refractivity contribution in [2.45, 2.75) is 0 Å². The minimum atomic E-state index is -1.13. The quantitative estimate of drug-likeness (QED) is 0.844. The number of aromatic carboxylic acids is 1. The molecule has 98 valence electrons. The maximum absolute atomic E-state index is 13.1. The Labute approximate surface area is 116 Å². The Morgan fingerprint density at radius 3 is 2.63 bits per heavy atom. The van der Waals surface area contributed by atoms with Gasteiger partial charge in [-0.1, -0.05) is 0 Å². The molecule has 0 saturated heterocycles. The first-order valence-electron chi connectivity index (χ1n) is 5.23. The van der Waals surface area contributed by atoms with E-state index in [9.17, 15) is 9.18 Å². The summed E-state index contributed by atoms with van der Waals surface area (Å²) in [4.78, 5) is 11.1. The van der Waals surface area contributed by atoms with Crippen molar-refractivity contribution in [1.29, 1.82) is 0 Å². The van der Waals surface area contributed by atoms with Gasteiger partial charge in [0.2, 0.25) is 0 Å². The van der Waals surface area contributed by atoms with Gasteiger partial charge in [-0.2, -0.15) is 0 Å². The number of hydrogen-bond donors (Lipinski definition) is 2. The van der Waals surface area contributed by atoms with Crippen LogP contribution in [0.3, 0.4) is 0 Å². The van der Waals surface area contributed by atoms with E-state index < -0.39 is 11.8 Å². The number of benzene rings is 2. The number of carboxylic acids is 1. The summed E-state index contributed by atoms with van der Waals surface area (Å²) in [5.41, 5.74) is 5.95. The summed E-state index contributed by atoms with van der Waals surface area (Å²) in [5.74, 6) is -1.15. The van der Waals surface area contributed by atoms with Gasteiger partial charge in [0.05, 0.1) is 4.47 Å². The molecule has 6 heteroatoms. The van der Waals surface area contributed by atoms with Crippen molar-refractivity contribution in [1.82, 2.24) is 0 Å². The van der Waals surface area contributed by atoms with Gasteiger partial charge in [-0.3, -0.25) is 0 Å². The van der Waals surface area contributed by atoms with Gasteiger partial charge in [0.25, 0.3) is 0 Å². The number of nitrogens with two attached hydrogens (primary N) is 1. The highest BCUT2D eigenvalue weighted by Gasteiger charge is 2.13. The highest BCUT2D eigenvalue weighted by atomic mass is 79.9. The first-order chi connectivity index (χ1) is 8.97. The van der Waals surface area contributed by atoms with Gasteiger partial charge < -0.3 is 15.6 Å². The lowest BCUT2D eigenvalue weighted by Crippen LogP contribution is -2.01. The number of halogens is 2. The van der Waals surface area contributed by atoms with Gasteiger partial charge in [0.15, 0.2) is 0 Å². The van der Waals surface area contributed by atoms with Crippen molar-refractivity contribution in [3.05, 3.63) is 52.3 Å². The average Bonchev–Trinajstić information content (AvgIpc) is 2.33. The Bertz CT molecular complexity index is 646. The van der Waals surface area contributed by atoms with Gasteiger partial charge >= 0.3 is 5.97 Å². The van der Waals surface area contributed by atoms with Crippen molar-refractivity contribution in [2.24, 2.45) is 0 Å². The molecule has 0 heterocycles. The monoisotopic (exact) mass is 325 g/mol. The van der Waals surface area contributed by atoms with Crippen LogP contribution < -0.4 is 10.5 Å². The predicted molar refractivity (Wildman–Crippen MR) is 72.0 cm³/mol. The van der Waals surface area contributed by atoms with E-state index in [-0.39, 0.29) is 15.8 Å². The van der Waals surface area contributed by atoms with Crippen molar-refractivity contribution in [2.75, 3.05) is 5.73 Å². The Balaban J connectivity index is 2.39. The summed E-state index contributed by atoms with van der Waals surface area (Å²) < 4.78 is 18.8. The molecule has 0 saturated carbocycles. The number of rotatable bonds is 3. The van der Waals surface area contributed by atoms with E-state index in [0.717, 1.165) is 0 Å². The lowest BCUT2D eigenvalue weighted by atomic mass is 10.2. The molecule has 0 aliphatic rings. The van der Waals surface area contributed by atoms with Gasteiger partial charge in [0.1, 0.15) is 22.9 Å². The number of carbonyl (C=O) groups is 1. The maximum atomic E-state index is 13.1. The van der Waals surface area contributed by atoms with Crippen LogP contribution >= 0.6 is 15.9 Å².